The van der Waals surface area contributed by atoms with Gasteiger partial charge in [-0.2, -0.15) is 0 Å². The summed E-state index contributed by atoms with van der Waals surface area (Å²) in [6, 6.07) is 0.153. The molecule has 1 aliphatic rings. The lowest BCUT2D eigenvalue weighted by molar-refractivity contribution is 0.0193. The Bertz CT molecular complexity index is 331. The molecule has 0 radical (unpaired) electrons. The number of likely N-dealkylation sites (tertiary alicyclic amines) is 1. The third-order valence-corrected chi connectivity index (χ3v) is 4.05. The largest absolute Gasteiger partial charge is 0.444 e. The van der Waals surface area contributed by atoms with Gasteiger partial charge in [0.15, 0.2) is 0 Å². The van der Waals surface area contributed by atoms with Gasteiger partial charge in [-0.15, -0.1) is 0 Å². The summed E-state index contributed by atoms with van der Waals surface area (Å²) >= 11 is 0. The number of carbonyl (C=O) groups excluding carboxylic acids is 1. The van der Waals surface area contributed by atoms with Gasteiger partial charge in [-0.1, -0.05) is 0 Å². The highest BCUT2D eigenvalue weighted by Crippen LogP contribution is 2.15. The number of carbonyl (C=O) groups is 1. The van der Waals surface area contributed by atoms with Crippen LogP contribution in [0.4, 0.5) is 4.79 Å². The van der Waals surface area contributed by atoms with Crippen LogP contribution in [-0.4, -0.2) is 67.3 Å². The van der Waals surface area contributed by atoms with E-state index in [4.69, 9.17) is 4.74 Å². The number of ether oxygens (including phenoxy) is 1. The van der Waals surface area contributed by atoms with Gasteiger partial charge in [0.1, 0.15) is 5.60 Å². The van der Waals surface area contributed by atoms with Gasteiger partial charge in [-0.25, -0.2) is 4.79 Å². The zero-order chi connectivity index (χ0) is 16.8. The van der Waals surface area contributed by atoms with E-state index in [-0.39, 0.29) is 12.1 Å². The van der Waals surface area contributed by atoms with Gasteiger partial charge in [0.25, 0.3) is 0 Å². The topological polar surface area (TPSA) is 44.8 Å². The molecule has 130 valence electrons. The van der Waals surface area contributed by atoms with E-state index in [1.807, 2.05) is 34.6 Å². The van der Waals surface area contributed by atoms with Gasteiger partial charge in [0, 0.05) is 19.1 Å². The van der Waals surface area contributed by atoms with Crippen LogP contribution in [0, 0.1) is 5.92 Å². The minimum Gasteiger partial charge on any atom is -0.444 e. The molecule has 0 spiro atoms. The number of piperidine rings is 1. The van der Waals surface area contributed by atoms with E-state index in [0.29, 0.717) is 6.54 Å². The first-order valence-corrected chi connectivity index (χ1v) is 8.58. The number of amides is 1. The molecule has 0 atom stereocenters. The quantitative estimate of drug-likeness (QED) is 0.766. The predicted octanol–water partition coefficient (Wildman–Crippen LogP) is 2.56. The maximum atomic E-state index is 12.2. The molecule has 1 fully saturated rings. The van der Waals surface area contributed by atoms with Gasteiger partial charge in [0.2, 0.25) is 0 Å². The molecular formula is C17H35N3O2. The fourth-order valence-corrected chi connectivity index (χ4v) is 2.65. The SMILES string of the molecule is CC(C)N(CCNCC1CCN(C)CC1)C(=O)OC(C)(C)C. The minimum atomic E-state index is -0.439. The summed E-state index contributed by atoms with van der Waals surface area (Å²) in [6.45, 7) is 14.7. The summed E-state index contributed by atoms with van der Waals surface area (Å²) in [4.78, 5) is 16.4. The molecule has 0 aromatic carbocycles. The van der Waals surface area contributed by atoms with Crippen LogP contribution < -0.4 is 5.32 Å². The molecule has 0 unspecified atom stereocenters. The molecule has 0 saturated carbocycles. The number of nitrogens with zero attached hydrogens (tertiary/aromatic N) is 2. The van der Waals surface area contributed by atoms with E-state index in [1.165, 1.54) is 25.9 Å². The molecule has 1 rings (SSSR count). The zero-order valence-electron chi connectivity index (χ0n) is 15.3. The van der Waals surface area contributed by atoms with Gasteiger partial charge < -0.3 is 19.9 Å². The average molecular weight is 313 g/mol. The highest BCUT2D eigenvalue weighted by Gasteiger charge is 2.24. The second-order valence-corrected chi connectivity index (χ2v) is 7.72. The van der Waals surface area contributed by atoms with Crippen LogP contribution in [-0.2, 0) is 4.74 Å². The smallest absolute Gasteiger partial charge is 0.410 e. The van der Waals surface area contributed by atoms with Crippen molar-refractivity contribution in [3.63, 3.8) is 0 Å². The second kappa shape index (κ2) is 8.73. The molecule has 5 heteroatoms. The van der Waals surface area contributed by atoms with Crippen LogP contribution in [0.5, 0.6) is 0 Å². The predicted molar refractivity (Wildman–Crippen MR) is 91.2 cm³/mol. The molecule has 22 heavy (non-hydrogen) atoms. The molecule has 0 aliphatic carbocycles. The average Bonchev–Trinajstić information content (AvgIpc) is 2.38. The van der Waals surface area contributed by atoms with Gasteiger partial charge in [-0.05, 0) is 80.1 Å². The molecule has 1 saturated heterocycles. The number of hydrogen-bond acceptors (Lipinski definition) is 4. The van der Waals surface area contributed by atoms with Gasteiger partial charge in [0.05, 0.1) is 0 Å². The zero-order valence-corrected chi connectivity index (χ0v) is 15.3. The fourth-order valence-electron chi connectivity index (χ4n) is 2.65. The van der Waals surface area contributed by atoms with E-state index in [0.717, 1.165) is 19.0 Å². The van der Waals surface area contributed by atoms with E-state index < -0.39 is 5.60 Å². The standard InChI is InChI=1S/C17H35N3O2/c1-14(2)20(16(21)22-17(3,4)5)12-9-18-13-15-7-10-19(6)11-8-15/h14-15,18H,7-13H2,1-6H3. The minimum absolute atomic E-state index is 0.153. The van der Waals surface area contributed by atoms with Crippen molar-refractivity contribution >= 4 is 6.09 Å². The molecule has 0 bridgehead atoms. The lowest BCUT2D eigenvalue weighted by Crippen LogP contribution is -2.45. The van der Waals surface area contributed by atoms with Gasteiger partial charge in [-0.3, -0.25) is 0 Å². The molecule has 1 heterocycles. The Labute approximate surface area is 136 Å². The Kier molecular flexibility index (Phi) is 7.63. The molecule has 0 aromatic rings. The third kappa shape index (κ3) is 7.45. The third-order valence-electron chi connectivity index (χ3n) is 4.05. The lowest BCUT2D eigenvalue weighted by atomic mass is 9.97. The highest BCUT2D eigenvalue weighted by atomic mass is 16.6. The van der Waals surface area contributed by atoms with Crippen molar-refractivity contribution in [2.24, 2.45) is 5.92 Å². The van der Waals surface area contributed by atoms with Crippen molar-refractivity contribution in [1.82, 2.24) is 15.1 Å². The fraction of sp³-hybridized carbons (Fsp3) is 0.941. The Balaban J connectivity index is 2.28. The molecule has 1 amide bonds. The maximum absolute atomic E-state index is 12.2. The van der Waals surface area contributed by atoms with Crippen LogP contribution in [0.25, 0.3) is 0 Å². The summed E-state index contributed by atoms with van der Waals surface area (Å²) in [7, 11) is 2.19. The summed E-state index contributed by atoms with van der Waals surface area (Å²) in [5.74, 6) is 0.769. The molecular weight excluding hydrogens is 278 g/mol. The molecule has 1 N–H and O–H groups in total. The van der Waals surface area contributed by atoms with Crippen LogP contribution >= 0.6 is 0 Å². The first kappa shape index (κ1) is 19.2. The Morgan fingerprint density at radius 2 is 1.91 bits per heavy atom. The van der Waals surface area contributed by atoms with Gasteiger partial charge >= 0.3 is 6.09 Å². The summed E-state index contributed by atoms with van der Waals surface area (Å²) < 4.78 is 5.47. The van der Waals surface area contributed by atoms with Crippen molar-refractivity contribution in [1.29, 1.82) is 0 Å². The van der Waals surface area contributed by atoms with Crippen molar-refractivity contribution < 1.29 is 9.53 Å². The van der Waals surface area contributed by atoms with Crippen LogP contribution in [0.2, 0.25) is 0 Å². The van der Waals surface area contributed by atoms with E-state index >= 15 is 0 Å². The second-order valence-electron chi connectivity index (χ2n) is 7.72. The van der Waals surface area contributed by atoms with E-state index in [1.54, 1.807) is 4.90 Å². The van der Waals surface area contributed by atoms with Crippen LogP contribution in [0.1, 0.15) is 47.5 Å². The lowest BCUT2D eigenvalue weighted by Gasteiger charge is -2.31. The normalized spacial score (nSPS) is 17.8. The number of rotatable bonds is 6. The molecule has 5 nitrogen and oxygen atoms in total. The molecule has 0 aromatic heterocycles. The van der Waals surface area contributed by atoms with Crippen LogP contribution in [0.15, 0.2) is 0 Å². The Morgan fingerprint density at radius 1 is 1.32 bits per heavy atom. The Hall–Kier alpha value is -0.810. The van der Waals surface area contributed by atoms with Crippen molar-refractivity contribution in [2.45, 2.75) is 59.1 Å². The summed E-state index contributed by atoms with van der Waals surface area (Å²) in [5, 5.41) is 3.51. The highest BCUT2D eigenvalue weighted by molar-refractivity contribution is 5.68. The first-order chi connectivity index (χ1) is 10.2. The maximum Gasteiger partial charge on any atom is 0.410 e. The Morgan fingerprint density at radius 3 is 2.41 bits per heavy atom. The summed E-state index contributed by atoms with van der Waals surface area (Å²) in [5.41, 5.74) is -0.439. The first-order valence-electron chi connectivity index (χ1n) is 8.58. The number of nitrogens with one attached hydrogen (secondary N) is 1. The molecule has 1 aliphatic heterocycles. The van der Waals surface area contributed by atoms with Crippen molar-refractivity contribution in [3.05, 3.63) is 0 Å². The van der Waals surface area contributed by atoms with Crippen molar-refractivity contribution in [3.8, 4) is 0 Å². The number of hydrogen-bond donors (Lipinski definition) is 1. The monoisotopic (exact) mass is 313 g/mol. The van der Waals surface area contributed by atoms with Crippen LogP contribution in [0.3, 0.4) is 0 Å². The van der Waals surface area contributed by atoms with Crippen molar-refractivity contribution in [2.75, 3.05) is 39.8 Å². The summed E-state index contributed by atoms with van der Waals surface area (Å²) in [6.07, 6.45) is 2.32. The van der Waals surface area contributed by atoms with E-state index in [9.17, 15) is 4.79 Å². The van der Waals surface area contributed by atoms with E-state index in [2.05, 4.69) is 17.3 Å².